The molecular formula is C18H21F3N4OS. The van der Waals surface area contributed by atoms with E-state index in [0.29, 0.717) is 31.0 Å². The van der Waals surface area contributed by atoms with Gasteiger partial charge in [-0.15, -0.1) is 11.3 Å². The standard InChI is InChI=1S/C18H21F3N4OS/c19-18(20,21)14-3-1-4-15(11-14)25-9-7-24(8-10-25)6-2-5-22-17(26)16-12-27-13-23-16/h1,3-4,11-13H,2,5-10H2,(H,22,26). The molecule has 0 bridgehead atoms. The highest BCUT2D eigenvalue weighted by Crippen LogP contribution is 2.31. The number of carbonyl (C=O) groups excluding carboxylic acids is 1. The van der Waals surface area contributed by atoms with E-state index in [9.17, 15) is 18.0 Å². The Bertz CT molecular complexity index is 743. The van der Waals surface area contributed by atoms with Crippen LogP contribution in [0.25, 0.3) is 0 Å². The summed E-state index contributed by atoms with van der Waals surface area (Å²) in [7, 11) is 0. The second-order valence-corrected chi connectivity index (χ2v) is 7.08. The van der Waals surface area contributed by atoms with Crippen LogP contribution in [-0.2, 0) is 6.18 Å². The maximum absolute atomic E-state index is 12.9. The molecule has 1 aromatic heterocycles. The predicted octanol–water partition coefficient (Wildman–Crippen LogP) is 3.10. The Balaban J connectivity index is 1.40. The fourth-order valence-electron chi connectivity index (χ4n) is 3.03. The molecule has 1 aromatic carbocycles. The Kier molecular flexibility index (Phi) is 6.33. The molecule has 5 nitrogen and oxygen atoms in total. The monoisotopic (exact) mass is 398 g/mol. The lowest BCUT2D eigenvalue weighted by Gasteiger charge is -2.36. The molecule has 0 aliphatic carbocycles. The number of alkyl halides is 3. The number of rotatable bonds is 6. The summed E-state index contributed by atoms with van der Waals surface area (Å²) in [6, 6.07) is 5.48. The summed E-state index contributed by atoms with van der Waals surface area (Å²) in [4.78, 5) is 20.0. The molecule has 1 aliphatic heterocycles. The predicted molar refractivity (Wildman–Crippen MR) is 99.2 cm³/mol. The van der Waals surface area contributed by atoms with E-state index in [-0.39, 0.29) is 5.91 Å². The van der Waals surface area contributed by atoms with E-state index >= 15 is 0 Å². The molecule has 27 heavy (non-hydrogen) atoms. The smallest absolute Gasteiger partial charge is 0.369 e. The number of benzene rings is 1. The first-order valence-electron chi connectivity index (χ1n) is 8.74. The Morgan fingerprint density at radius 1 is 1.22 bits per heavy atom. The summed E-state index contributed by atoms with van der Waals surface area (Å²) in [5.41, 5.74) is 2.06. The van der Waals surface area contributed by atoms with Gasteiger partial charge in [-0.05, 0) is 31.2 Å². The van der Waals surface area contributed by atoms with E-state index in [1.807, 2.05) is 4.90 Å². The number of halogens is 3. The van der Waals surface area contributed by atoms with Gasteiger partial charge in [0.05, 0.1) is 11.1 Å². The number of aromatic nitrogens is 1. The van der Waals surface area contributed by atoms with Gasteiger partial charge in [-0.3, -0.25) is 9.69 Å². The van der Waals surface area contributed by atoms with Crippen molar-refractivity contribution in [3.8, 4) is 0 Å². The normalized spacial score (nSPS) is 15.7. The van der Waals surface area contributed by atoms with E-state index in [2.05, 4.69) is 15.2 Å². The van der Waals surface area contributed by atoms with Crippen molar-refractivity contribution in [2.75, 3.05) is 44.2 Å². The van der Waals surface area contributed by atoms with Gasteiger partial charge in [0.1, 0.15) is 5.69 Å². The average molecular weight is 398 g/mol. The van der Waals surface area contributed by atoms with Crippen LogP contribution in [0.1, 0.15) is 22.5 Å². The average Bonchev–Trinajstić information content (AvgIpc) is 3.20. The fraction of sp³-hybridized carbons (Fsp3) is 0.444. The zero-order chi connectivity index (χ0) is 19.3. The Hall–Kier alpha value is -2.13. The van der Waals surface area contributed by atoms with Gasteiger partial charge >= 0.3 is 6.18 Å². The lowest BCUT2D eigenvalue weighted by Crippen LogP contribution is -2.47. The van der Waals surface area contributed by atoms with E-state index in [1.165, 1.54) is 23.5 Å². The number of nitrogens with zero attached hydrogens (tertiary/aromatic N) is 3. The molecule has 2 aromatic rings. The summed E-state index contributed by atoms with van der Waals surface area (Å²) >= 11 is 1.38. The lowest BCUT2D eigenvalue weighted by molar-refractivity contribution is -0.137. The van der Waals surface area contributed by atoms with Crippen LogP contribution in [0.3, 0.4) is 0 Å². The van der Waals surface area contributed by atoms with Crippen LogP contribution in [0.4, 0.5) is 18.9 Å². The number of anilines is 1. The van der Waals surface area contributed by atoms with E-state index in [0.717, 1.165) is 32.1 Å². The zero-order valence-electron chi connectivity index (χ0n) is 14.7. The first-order valence-corrected chi connectivity index (χ1v) is 9.69. The molecule has 0 atom stereocenters. The van der Waals surface area contributed by atoms with Crippen LogP contribution in [-0.4, -0.2) is 55.1 Å². The van der Waals surface area contributed by atoms with Gasteiger partial charge in [-0.25, -0.2) is 4.98 Å². The minimum absolute atomic E-state index is 0.161. The van der Waals surface area contributed by atoms with Crippen LogP contribution < -0.4 is 10.2 Å². The summed E-state index contributed by atoms with van der Waals surface area (Å²) in [5.74, 6) is -0.161. The molecule has 3 rings (SSSR count). The molecule has 146 valence electrons. The van der Waals surface area contributed by atoms with Gasteiger partial charge < -0.3 is 10.2 Å². The van der Waals surface area contributed by atoms with Gasteiger partial charge in [-0.2, -0.15) is 13.2 Å². The quantitative estimate of drug-likeness (QED) is 0.760. The SMILES string of the molecule is O=C(NCCCN1CCN(c2cccc(C(F)(F)F)c2)CC1)c1cscn1. The Morgan fingerprint density at radius 3 is 2.67 bits per heavy atom. The molecule has 0 radical (unpaired) electrons. The van der Waals surface area contributed by atoms with Crippen LogP contribution in [0.5, 0.6) is 0 Å². The van der Waals surface area contributed by atoms with Crippen LogP contribution in [0.2, 0.25) is 0 Å². The molecule has 0 unspecified atom stereocenters. The highest BCUT2D eigenvalue weighted by molar-refractivity contribution is 7.07. The molecule has 1 aliphatic rings. The van der Waals surface area contributed by atoms with Gasteiger partial charge in [0.2, 0.25) is 0 Å². The molecule has 2 heterocycles. The number of carbonyl (C=O) groups is 1. The van der Waals surface area contributed by atoms with Gasteiger partial charge in [0.25, 0.3) is 5.91 Å². The summed E-state index contributed by atoms with van der Waals surface area (Å²) < 4.78 is 38.6. The molecule has 9 heteroatoms. The van der Waals surface area contributed by atoms with Crippen molar-refractivity contribution in [1.29, 1.82) is 0 Å². The minimum Gasteiger partial charge on any atom is -0.369 e. The van der Waals surface area contributed by atoms with E-state index < -0.39 is 11.7 Å². The second kappa shape index (κ2) is 8.71. The second-order valence-electron chi connectivity index (χ2n) is 6.36. The highest BCUT2D eigenvalue weighted by Gasteiger charge is 2.31. The Labute approximate surface area is 159 Å². The van der Waals surface area contributed by atoms with Crippen LogP contribution >= 0.6 is 11.3 Å². The summed E-state index contributed by atoms with van der Waals surface area (Å²) in [5, 5.41) is 4.55. The van der Waals surface area contributed by atoms with Crippen molar-refractivity contribution in [1.82, 2.24) is 15.2 Å². The Morgan fingerprint density at radius 2 is 2.00 bits per heavy atom. The molecule has 1 fully saturated rings. The summed E-state index contributed by atoms with van der Waals surface area (Å²) in [6.07, 6.45) is -3.50. The zero-order valence-corrected chi connectivity index (χ0v) is 15.5. The summed E-state index contributed by atoms with van der Waals surface area (Å²) in [6.45, 7) is 4.36. The topological polar surface area (TPSA) is 48.5 Å². The number of nitrogens with one attached hydrogen (secondary N) is 1. The first kappa shape index (κ1) is 19.6. The van der Waals surface area contributed by atoms with Gasteiger partial charge in [0, 0.05) is 43.8 Å². The number of thiazole rings is 1. The fourth-order valence-corrected chi connectivity index (χ4v) is 3.56. The van der Waals surface area contributed by atoms with Gasteiger partial charge in [-0.1, -0.05) is 6.07 Å². The maximum atomic E-state index is 12.9. The third kappa shape index (κ3) is 5.43. The van der Waals surface area contributed by atoms with Crippen molar-refractivity contribution < 1.29 is 18.0 Å². The molecule has 0 spiro atoms. The number of piperazine rings is 1. The molecule has 1 saturated heterocycles. The van der Waals surface area contributed by atoms with Crippen LogP contribution in [0, 0.1) is 0 Å². The molecule has 0 saturated carbocycles. The maximum Gasteiger partial charge on any atom is 0.416 e. The third-order valence-corrected chi connectivity index (χ3v) is 5.10. The van der Waals surface area contributed by atoms with Crippen molar-refractivity contribution >= 4 is 22.9 Å². The minimum atomic E-state index is -4.32. The molecular weight excluding hydrogens is 377 g/mol. The van der Waals surface area contributed by atoms with Gasteiger partial charge in [0.15, 0.2) is 0 Å². The van der Waals surface area contributed by atoms with Crippen molar-refractivity contribution in [3.05, 3.63) is 46.4 Å². The molecule has 1 amide bonds. The van der Waals surface area contributed by atoms with Crippen LogP contribution in [0.15, 0.2) is 35.2 Å². The molecule has 1 N–H and O–H groups in total. The highest BCUT2D eigenvalue weighted by atomic mass is 32.1. The largest absolute Gasteiger partial charge is 0.416 e. The van der Waals surface area contributed by atoms with E-state index in [1.54, 1.807) is 17.0 Å². The van der Waals surface area contributed by atoms with E-state index in [4.69, 9.17) is 0 Å². The van der Waals surface area contributed by atoms with Crippen molar-refractivity contribution in [2.45, 2.75) is 12.6 Å². The number of hydrogen-bond acceptors (Lipinski definition) is 5. The number of hydrogen-bond donors (Lipinski definition) is 1. The van der Waals surface area contributed by atoms with Crippen molar-refractivity contribution in [3.63, 3.8) is 0 Å². The van der Waals surface area contributed by atoms with Crippen molar-refractivity contribution in [2.24, 2.45) is 0 Å². The number of amides is 1. The third-order valence-electron chi connectivity index (χ3n) is 4.51. The first-order chi connectivity index (χ1) is 12.9. The lowest BCUT2D eigenvalue weighted by atomic mass is 10.1.